The van der Waals surface area contributed by atoms with Crippen molar-refractivity contribution in [2.75, 3.05) is 13.7 Å². The summed E-state index contributed by atoms with van der Waals surface area (Å²) in [6.07, 6.45) is 4.38. The van der Waals surface area contributed by atoms with Crippen molar-refractivity contribution in [2.24, 2.45) is 7.05 Å². The van der Waals surface area contributed by atoms with E-state index in [1.165, 1.54) is 30.6 Å². The Morgan fingerprint density at radius 3 is 2.70 bits per heavy atom. The van der Waals surface area contributed by atoms with Crippen molar-refractivity contribution in [3.63, 3.8) is 0 Å². The molecule has 4 aromatic rings. The maximum absolute atomic E-state index is 14.3. The first-order chi connectivity index (χ1) is 17.9. The molecule has 0 radical (unpaired) electrons. The van der Waals surface area contributed by atoms with Gasteiger partial charge < -0.3 is 19.4 Å². The lowest BCUT2D eigenvalue weighted by Gasteiger charge is -2.07. The fraction of sp³-hybridized carbons (Fsp3) is 0.320. The van der Waals surface area contributed by atoms with Gasteiger partial charge in [-0.2, -0.15) is 0 Å². The van der Waals surface area contributed by atoms with Crippen molar-refractivity contribution in [3.05, 3.63) is 64.4 Å². The van der Waals surface area contributed by atoms with E-state index in [1.807, 2.05) is 31.5 Å². The highest BCUT2D eigenvalue weighted by atomic mass is 32.1. The van der Waals surface area contributed by atoms with Gasteiger partial charge in [0.25, 0.3) is 5.69 Å². The number of fused-ring (bicyclic) bond motifs is 1. The molecule has 1 aromatic carbocycles. The number of hydrogen-bond acceptors (Lipinski definition) is 9. The first kappa shape index (κ1) is 27.7. The summed E-state index contributed by atoms with van der Waals surface area (Å²) in [5.41, 5.74) is 1.28. The van der Waals surface area contributed by atoms with E-state index >= 15 is 0 Å². The number of esters is 1. The molecule has 0 aliphatic carbocycles. The molecule has 0 fully saturated rings. The van der Waals surface area contributed by atoms with Crippen LogP contribution in [0.4, 0.5) is 10.1 Å². The average Bonchev–Trinajstić information content (AvgIpc) is 3.49. The number of carbonyl (C=O) groups is 1. The second-order valence-electron chi connectivity index (χ2n) is 7.60. The van der Waals surface area contributed by atoms with Crippen LogP contribution in [-0.4, -0.2) is 39.1 Å². The molecule has 0 saturated heterocycles. The lowest BCUT2D eigenvalue weighted by atomic mass is 10.3. The third kappa shape index (κ3) is 6.66. The number of non-ortho nitro benzene ring substituents is 1. The van der Waals surface area contributed by atoms with Gasteiger partial charge >= 0.3 is 5.97 Å². The molecule has 1 N–H and O–H groups in total. The molecule has 3 heterocycles. The Balaban J connectivity index is 0.00000186. The smallest absolute Gasteiger partial charge is 0.305 e. The van der Waals surface area contributed by atoms with E-state index in [-0.39, 0.29) is 17.4 Å². The van der Waals surface area contributed by atoms with Gasteiger partial charge in [-0.05, 0) is 25.1 Å². The Hall–Kier alpha value is -3.90. The van der Waals surface area contributed by atoms with Gasteiger partial charge in [0.2, 0.25) is 0 Å². The van der Waals surface area contributed by atoms with Crippen LogP contribution >= 0.6 is 11.3 Å². The third-order valence-electron chi connectivity index (χ3n) is 5.30. The van der Waals surface area contributed by atoms with Crippen molar-refractivity contribution in [3.8, 4) is 22.2 Å². The molecule has 196 valence electrons. The molecule has 0 atom stereocenters. The highest BCUT2D eigenvalue weighted by Gasteiger charge is 2.17. The zero-order valence-electron chi connectivity index (χ0n) is 21.0. The van der Waals surface area contributed by atoms with E-state index in [4.69, 9.17) is 4.74 Å². The summed E-state index contributed by atoms with van der Waals surface area (Å²) in [7, 11) is 3.29. The maximum atomic E-state index is 14.3. The van der Waals surface area contributed by atoms with E-state index in [9.17, 15) is 19.3 Å². The van der Waals surface area contributed by atoms with Crippen LogP contribution in [-0.2, 0) is 23.1 Å². The van der Waals surface area contributed by atoms with Gasteiger partial charge in [-0.15, -0.1) is 11.3 Å². The van der Waals surface area contributed by atoms with Crippen LogP contribution in [0.15, 0.2) is 42.7 Å². The molecule has 4 rings (SSSR count). The molecule has 37 heavy (non-hydrogen) atoms. The largest absolute Gasteiger partial charge is 0.469 e. The van der Waals surface area contributed by atoms with E-state index in [2.05, 4.69) is 20.0 Å². The Bertz CT molecular complexity index is 1390. The number of benzene rings is 1. The standard InChI is InChI=1S/C23H22FN5O5S.C2H6/c1-28-15(12-25-8-3-4-21(30)33-2)13-27-23(28)20-11-17-22(35-20)19(7-9-26-17)34-18-6-5-14(29(31)32)10-16(18)24;1-2/h5-7,9-11,13,25H,3-4,8,12H2,1-2H3;1-2H3. The average molecular weight is 530 g/mol. The summed E-state index contributed by atoms with van der Waals surface area (Å²) in [4.78, 5) is 31.2. The predicted molar refractivity (Wildman–Crippen MR) is 139 cm³/mol. The highest BCUT2D eigenvalue weighted by Crippen LogP contribution is 2.39. The summed E-state index contributed by atoms with van der Waals surface area (Å²) in [6.45, 7) is 5.25. The number of rotatable bonds is 10. The highest BCUT2D eigenvalue weighted by molar-refractivity contribution is 7.22. The van der Waals surface area contributed by atoms with Gasteiger partial charge in [0, 0.05) is 38.3 Å². The van der Waals surface area contributed by atoms with Crippen LogP contribution in [0.3, 0.4) is 0 Å². The van der Waals surface area contributed by atoms with Crippen LogP contribution in [0.1, 0.15) is 32.4 Å². The van der Waals surface area contributed by atoms with E-state index in [1.54, 1.807) is 18.5 Å². The number of nitrogens with zero attached hydrogens (tertiary/aromatic N) is 4. The summed E-state index contributed by atoms with van der Waals surface area (Å²) in [5, 5.41) is 14.1. The van der Waals surface area contributed by atoms with Crippen molar-refractivity contribution in [1.29, 1.82) is 0 Å². The van der Waals surface area contributed by atoms with Crippen molar-refractivity contribution >= 4 is 33.2 Å². The molecule has 0 saturated carbocycles. The number of methoxy groups -OCH3 is 1. The SMILES string of the molecule is CC.COC(=O)CCCNCc1cnc(-c2cc3nccc(Oc4ccc([N+](=O)[O-])cc4F)c3s2)n1C. The fourth-order valence-corrected chi connectivity index (χ4v) is 4.52. The third-order valence-corrected chi connectivity index (χ3v) is 6.43. The number of thiophene rings is 1. The zero-order chi connectivity index (χ0) is 26.9. The Kier molecular flexibility index (Phi) is 9.64. The number of imidazole rings is 1. The van der Waals surface area contributed by atoms with Crippen LogP contribution < -0.4 is 10.1 Å². The van der Waals surface area contributed by atoms with Crippen LogP contribution in [0.5, 0.6) is 11.5 Å². The van der Waals surface area contributed by atoms with Crippen LogP contribution in [0.2, 0.25) is 0 Å². The Labute approximate surface area is 217 Å². The second kappa shape index (κ2) is 12.9. The van der Waals surface area contributed by atoms with Crippen molar-refractivity contribution in [1.82, 2.24) is 19.9 Å². The first-order valence-electron chi connectivity index (χ1n) is 11.7. The monoisotopic (exact) mass is 529 g/mol. The number of pyridine rings is 1. The van der Waals surface area contributed by atoms with Gasteiger partial charge in [-0.25, -0.2) is 9.37 Å². The van der Waals surface area contributed by atoms with Crippen LogP contribution in [0.25, 0.3) is 20.9 Å². The minimum atomic E-state index is -0.825. The number of hydrogen-bond donors (Lipinski definition) is 1. The molecule has 12 heteroatoms. The van der Waals surface area contributed by atoms with Gasteiger partial charge in [-0.1, -0.05) is 13.8 Å². The molecule has 0 aliphatic rings. The minimum Gasteiger partial charge on any atom is -0.469 e. The van der Waals surface area contributed by atoms with Gasteiger partial charge in [0.05, 0.1) is 45.1 Å². The number of halogens is 1. The zero-order valence-corrected chi connectivity index (χ0v) is 21.8. The summed E-state index contributed by atoms with van der Waals surface area (Å²) in [5.74, 6) is -0.0374. The molecule has 0 bridgehead atoms. The van der Waals surface area contributed by atoms with Gasteiger partial charge in [-0.3, -0.25) is 19.9 Å². The molecule has 0 unspecified atom stereocenters. The maximum Gasteiger partial charge on any atom is 0.305 e. The molecular weight excluding hydrogens is 501 g/mol. The fourth-order valence-electron chi connectivity index (χ4n) is 3.42. The van der Waals surface area contributed by atoms with Crippen molar-refractivity contribution in [2.45, 2.75) is 33.2 Å². The molecular formula is C25H28FN5O5S. The summed E-state index contributed by atoms with van der Waals surface area (Å²) >= 11 is 1.40. The lowest BCUT2D eigenvalue weighted by Crippen LogP contribution is -2.17. The molecule has 10 nitrogen and oxygen atoms in total. The number of nitro benzene ring substituents is 1. The van der Waals surface area contributed by atoms with E-state index in [0.717, 1.165) is 22.5 Å². The summed E-state index contributed by atoms with van der Waals surface area (Å²) in [6, 6.07) is 6.75. The second-order valence-corrected chi connectivity index (χ2v) is 8.65. The quantitative estimate of drug-likeness (QED) is 0.122. The molecule has 3 aromatic heterocycles. The Morgan fingerprint density at radius 1 is 1.22 bits per heavy atom. The number of ether oxygens (including phenoxy) is 2. The normalized spacial score (nSPS) is 10.6. The molecule has 0 aliphatic heterocycles. The van der Waals surface area contributed by atoms with E-state index in [0.29, 0.717) is 41.9 Å². The number of aromatic nitrogens is 3. The summed E-state index contributed by atoms with van der Waals surface area (Å²) < 4.78 is 27.4. The van der Waals surface area contributed by atoms with E-state index < -0.39 is 10.7 Å². The van der Waals surface area contributed by atoms with Gasteiger partial charge in [0.15, 0.2) is 11.6 Å². The number of nitrogens with one attached hydrogen (secondary N) is 1. The Morgan fingerprint density at radius 2 is 2.00 bits per heavy atom. The lowest BCUT2D eigenvalue weighted by molar-refractivity contribution is -0.385. The number of nitro groups is 1. The minimum absolute atomic E-state index is 0.115. The van der Waals surface area contributed by atoms with Crippen LogP contribution in [0, 0.1) is 15.9 Å². The predicted octanol–water partition coefficient (Wildman–Crippen LogP) is 5.61. The topological polar surface area (TPSA) is 121 Å². The molecule has 0 amide bonds. The molecule has 0 spiro atoms. The first-order valence-corrected chi connectivity index (χ1v) is 12.5. The van der Waals surface area contributed by atoms with Crippen molar-refractivity contribution < 1.29 is 23.6 Å². The number of carbonyl (C=O) groups excluding carboxylic acids is 1. The van der Waals surface area contributed by atoms with Gasteiger partial charge in [0.1, 0.15) is 11.6 Å².